The lowest BCUT2D eigenvalue weighted by Crippen LogP contribution is -2.13. The first-order valence-electron chi connectivity index (χ1n) is 9.92. The van der Waals surface area contributed by atoms with Gasteiger partial charge in [-0.15, -0.1) is 10.2 Å². The van der Waals surface area contributed by atoms with Crippen molar-refractivity contribution < 1.29 is 9.53 Å². The van der Waals surface area contributed by atoms with E-state index in [1.165, 1.54) is 6.42 Å². The topological polar surface area (TPSA) is 69.0 Å². The van der Waals surface area contributed by atoms with Crippen molar-refractivity contribution >= 4 is 23.2 Å². The highest BCUT2D eigenvalue weighted by molar-refractivity contribution is 6.33. The fourth-order valence-corrected chi connectivity index (χ4v) is 3.79. The summed E-state index contributed by atoms with van der Waals surface area (Å²) in [7, 11) is 0. The first-order chi connectivity index (χ1) is 14.2. The lowest BCUT2D eigenvalue weighted by Gasteiger charge is -2.12. The van der Waals surface area contributed by atoms with Gasteiger partial charge in [-0.25, -0.2) is 0 Å². The third-order valence-corrected chi connectivity index (χ3v) is 5.34. The van der Waals surface area contributed by atoms with Gasteiger partial charge in [-0.2, -0.15) is 0 Å². The number of hydrogen-bond acceptors (Lipinski definition) is 4. The molecule has 7 heteroatoms. The van der Waals surface area contributed by atoms with Crippen molar-refractivity contribution in [3.8, 4) is 17.1 Å². The standard InChI is InChI=1S/C22H23ClN4O2/c1-2-29-19-9-6-5-8-16(19)22(28)24-15-11-12-18(23)17(14-15)21-26-25-20-10-4-3-7-13-27(20)21/h5-6,8-9,11-12,14H,2-4,7,10,13H2,1H3,(H,24,28). The van der Waals surface area contributed by atoms with Crippen LogP contribution < -0.4 is 10.1 Å². The van der Waals surface area contributed by atoms with Crippen LogP contribution in [0.4, 0.5) is 5.69 Å². The number of hydrogen-bond donors (Lipinski definition) is 1. The molecule has 29 heavy (non-hydrogen) atoms. The largest absolute Gasteiger partial charge is 0.493 e. The van der Waals surface area contributed by atoms with Crippen LogP contribution in [0.2, 0.25) is 5.02 Å². The van der Waals surface area contributed by atoms with E-state index in [0.717, 1.165) is 43.0 Å². The molecule has 0 saturated carbocycles. The van der Waals surface area contributed by atoms with Crippen LogP contribution in [0.25, 0.3) is 11.4 Å². The molecule has 2 heterocycles. The minimum Gasteiger partial charge on any atom is -0.493 e. The molecular formula is C22H23ClN4O2. The number of nitrogens with zero attached hydrogens (tertiary/aromatic N) is 3. The molecule has 0 fully saturated rings. The van der Waals surface area contributed by atoms with Gasteiger partial charge in [0.05, 0.1) is 17.2 Å². The number of para-hydroxylation sites is 1. The summed E-state index contributed by atoms with van der Waals surface area (Å²) in [5.74, 6) is 2.07. The quantitative estimate of drug-likeness (QED) is 0.644. The van der Waals surface area contributed by atoms with Gasteiger partial charge in [-0.1, -0.05) is 30.2 Å². The maximum Gasteiger partial charge on any atom is 0.259 e. The third kappa shape index (κ3) is 4.12. The van der Waals surface area contributed by atoms with E-state index in [-0.39, 0.29) is 5.91 Å². The molecule has 1 aliphatic rings. The normalized spacial score (nSPS) is 13.4. The van der Waals surface area contributed by atoms with Crippen LogP contribution in [0.5, 0.6) is 5.75 Å². The number of benzene rings is 2. The number of aromatic nitrogens is 3. The molecule has 0 spiro atoms. The molecule has 0 atom stereocenters. The Morgan fingerprint density at radius 2 is 2.03 bits per heavy atom. The van der Waals surface area contributed by atoms with Crippen LogP contribution in [0.15, 0.2) is 42.5 Å². The fourth-order valence-electron chi connectivity index (χ4n) is 3.59. The van der Waals surface area contributed by atoms with Crippen molar-refractivity contribution in [1.29, 1.82) is 0 Å². The van der Waals surface area contributed by atoms with Gasteiger partial charge in [0, 0.05) is 24.2 Å². The molecule has 1 N–H and O–H groups in total. The van der Waals surface area contributed by atoms with Crippen LogP contribution in [0, 0.1) is 0 Å². The van der Waals surface area contributed by atoms with E-state index in [1.807, 2.05) is 25.1 Å². The minimum absolute atomic E-state index is 0.234. The van der Waals surface area contributed by atoms with Gasteiger partial charge in [0.1, 0.15) is 11.6 Å². The Bertz CT molecular complexity index is 1030. The summed E-state index contributed by atoms with van der Waals surface area (Å²) in [6.45, 7) is 3.27. The number of aryl methyl sites for hydroxylation is 1. The molecule has 1 amide bonds. The molecule has 0 bridgehead atoms. The summed E-state index contributed by atoms with van der Waals surface area (Å²) in [6.07, 6.45) is 4.34. The lowest BCUT2D eigenvalue weighted by atomic mass is 10.1. The number of carbonyl (C=O) groups is 1. The average molecular weight is 411 g/mol. The Balaban J connectivity index is 1.63. The van der Waals surface area contributed by atoms with Gasteiger partial charge in [-0.05, 0) is 50.1 Å². The van der Waals surface area contributed by atoms with Crippen molar-refractivity contribution in [2.75, 3.05) is 11.9 Å². The molecule has 6 nitrogen and oxygen atoms in total. The molecular weight excluding hydrogens is 388 g/mol. The number of amides is 1. The van der Waals surface area contributed by atoms with Gasteiger partial charge < -0.3 is 14.6 Å². The summed E-state index contributed by atoms with van der Waals surface area (Å²) in [5.41, 5.74) is 1.90. The predicted molar refractivity (Wildman–Crippen MR) is 114 cm³/mol. The molecule has 1 aromatic heterocycles. The third-order valence-electron chi connectivity index (χ3n) is 5.01. The number of ether oxygens (including phenoxy) is 1. The van der Waals surface area contributed by atoms with Gasteiger partial charge in [0.25, 0.3) is 5.91 Å². The van der Waals surface area contributed by atoms with E-state index < -0.39 is 0 Å². The number of carbonyl (C=O) groups excluding carboxylic acids is 1. The Labute approximate surface area is 174 Å². The van der Waals surface area contributed by atoms with Crippen molar-refractivity contribution in [3.05, 3.63) is 58.9 Å². The SMILES string of the molecule is CCOc1ccccc1C(=O)Nc1ccc(Cl)c(-c2nnc3n2CCCCC3)c1. The molecule has 2 aromatic carbocycles. The molecule has 150 valence electrons. The molecule has 0 radical (unpaired) electrons. The highest BCUT2D eigenvalue weighted by atomic mass is 35.5. The monoisotopic (exact) mass is 410 g/mol. The number of rotatable bonds is 5. The summed E-state index contributed by atoms with van der Waals surface area (Å²) in [6, 6.07) is 12.6. The van der Waals surface area contributed by atoms with Crippen molar-refractivity contribution in [1.82, 2.24) is 14.8 Å². The smallest absolute Gasteiger partial charge is 0.259 e. The summed E-state index contributed by atoms with van der Waals surface area (Å²) in [5, 5.41) is 12.3. The van der Waals surface area contributed by atoms with Crippen LogP contribution in [-0.2, 0) is 13.0 Å². The molecule has 0 unspecified atom stereocenters. The summed E-state index contributed by atoms with van der Waals surface area (Å²) < 4.78 is 7.71. The number of fused-ring (bicyclic) bond motifs is 1. The first kappa shape index (κ1) is 19.5. The van der Waals surface area contributed by atoms with E-state index in [2.05, 4.69) is 20.1 Å². The molecule has 1 aliphatic heterocycles. The summed E-state index contributed by atoms with van der Waals surface area (Å²) >= 11 is 6.48. The van der Waals surface area contributed by atoms with Crippen LogP contribution in [-0.4, -0.2) is 27.3 Å². The van der Waals surface area contributed by atoms with Crippen LogP contribution in [0.3, 0.4) is 0 Å². The number of anilines is 1. The van der Waals surface area contributed by atoms with E-state index in [1.54, 1.807) is 24.3 Å². The van der Waals surface area contributed by atoms with E-state index >= 15 is 0 Å². The lowest BCUT2D eigenvalue weighted by molar-refractivity contribution is 0.102. The Kier molecular flexibility index (Phi) is 5.81. The van der Waals surface area contributed by atoms with Gasteiger partial charge in [0.2, 0.25) is 0 Å². The second kappa shape index (κ2) is 8.66. The Morgan fingerprint density at radius 3 is 2.90 bits per heavy atom. The molecule has 0 saturated heterocycles. The number of halogens is 1. The maximum atomic E-state index is 12.8. The minimum atomic E-state index is -0.234. The van der Waals surface area contributed by atoms with Crippen LogP contribution >= 0.6 is 11.6 Å². The first-order valence-corrected chi connectivity index (χ1v) is 10.3. The van der Waals surface area contributed by atoms with Crippen LogP contribution in [0.1, 0.15) is 42.4 Å². The zero-order valence-electron chi connectivity index (χ0n) is 16.3. The van der Waals surface area contributed by atoms with Crippen molar-refractivity contribution in [2.24, 2.45) is 0 Å². The Hall–Kier alpha value is -2.86. The molecule has 3 aromatic rings. The van der Waals surface area contributed by atoms with E-state index in [4.69, 9.17) is 16.3 Å². The maximum absolute atomic E-state index is 12.8. The van der Waals surface area contributed by atoms with Crippen molar-refractivity contribution in [2.45, 2.75) is 39.2 Å². The summed E-state index contributed by atoms with van der Waals surface area (Å²) in [4.78, 5) is 12.8. The molecule has 4 rings (SSSR count). The zero-order valence-corrected chi connectivity index (χ0v) is 17.1. The van der Waals surface area contributed by atoms with Gasteiger partial charge >= 0.3 is 0 Å². The second-order valence-corrected chi connectivity index (χ2v) is 7.39. The zero-order chi connectivity index (χ0) is 20.2. The second-order valence-electron chi connectivity index (χ2n) is 6.98. The average Bonchev–Trinajstić information content (AvgIpc) is 2.97. The predicted octanol–water partition coefficient (Wildman–Crippen LogP) is 4.98. The molecule has 0 aliphatic carbocycles. The van der Waals surface area contributed by atoms with E-state index in [0.29, 0.717) is 28.6 Å². The number of nitrogens with one attached hydrogen (secondary N) is 1. The van der Waals surface area contributed by atoms with E-state index in [9.17, 15) is 4.79 Å². The highest BCUT2D eigenvalue weighted by Gasteiger charge is 2.19. The fraction of sp³-hybridized carbons (Fsp3) is 0.318. The highest BCUT2D eigenvalue weighted by Crippen LogP contribution is 2.31. The Morgan fingerprint density at radius 1 is 1.17 bits per heavy atom. The van der Waals surface area contributed by atoms with Gasteiger partial charge in [-0.3, -0.25) is 4.79 Å². The van der Waals surface area contributed by atoms with Gasteiger partial charge in [0.15, 0.2) is 5.82 Å². The van der Waals surface area contributed by atoms with Crippen molar-refractivity contribution in [3.63, 3.8) is 0 Å².